The van der Waals surface area contributed by atoms with E-state index in [9.17, 15) is 0 Å². The van der Waals surface area contributed by atoms with Gasteiger partial charge in [-0.3, -0.25) is 0 Å². The fourth-order valence-electron chi connectivity index (χ4n) is 1.80. The number of furan rings is 1. The lowest BCUT2D eigenvalue weighted by molar-refractivity contribution is 0.557. The molecule has 2 aromatic heterocycles. The van der Waals surface area contributed by atoms with Crippen LogP contribution >= 0.6 is 11.3 Å². The molecular formula is C14H20N2OS. The van der Waals surface area contributed by atoms with Gasteiger partial charge in [0.1, 0.15) is 0 Å². The van der Waals surface area contributed by atoms with E-state index in [-0.39, 0.29) is 5.41 Å². The predicted octanol–water partition coefficient (Wildman–Crippen LogP) is 3.81. The number of nitrogens with zero attached hydrogens (tertiary/aromatic N) is 1. The number of hydrogen-bond acceptors (Lipinski definition) is 4. The Bertz CT molecular complexity index is 494. The van der Waals surface area contributed by atoms with Crippen LogP contribution < -0.4 is 5.32 Å². The number of rotatable bonds is 4. The molecule has 3 nitrogen and oxygen atoms in total. The molecule has 2 heterocycles. The highest BCUT2D eigenvalue weighted by Crippen LogP contribution is 2.34. The molecule has 0 amide bonds. The van der Waals surface area contributed by atoms with E-state index in [0.717, 1.165) is 23.9 Å². The topological polar surface area (TPSA) is 38.1 Å². The maximum absolute atomic E-state index is 5.43. The van der Waals surface area contributed by atoms with Gasteiger partial charge in [0, 0.05) is 16.8 Å². The highest BCUT2D eigenvalue weighted by atomic mass is 32.1. The van der Waals surface area contributed by atoms with Crippen molar-refractivity contribution in [3.05, 3.63) is 29.0 Å². The molecule has 4 heteroatoms. The molecule has 0 aromatic carbocycles. The number of hydrogen-bond donors (Lipinski definition) is 1. The Morgan fingerprint density at radius 2 is 2.17 bits per heavy atom. The van der Waals surface area contributed by atoms with Crippen LogP contribution in [0.1, 0.15) is 38.3 Å². The Labute approximate surface area is 112 Å². The highest BCUT2D eigenvalue weighted by Gasteiger charge is 2.23. The zero-order valence-electron chi connectivity index (χ0n) is 11.4. The molecule has 0 aliphatic heterocycles. The van der Waals surface area contributed by atoms with Crippen LogP contribution in [-0.2, 0) is 12.0 Å². The van der Waals surface area contributed by atoms with Gasteiger partial charge in [-0.05, 0) is 18.7 Å². The predicted molar refractivity (Wildman–Crippen MR) is 75.9 cm³/mol. The molecule has 0 bridgehead atoms. The molecule has 18 heavy (non-hydrogen) atoms. The van der Waals surface area contributed by atoms with Crippen molar-refractivity contribution < 1.29 is 4.42 Å². The van der Waals surface area contributed by atoms with Crippen molar-refractivity contribution in [2.45, 2.75) is 39.7 Å². The number of aromatic nitrogens is 1. The average Bonchev–Trinajstić information content (AvgIpc) is 2.93. The number of thiazole rings is 1. The van der Waals surface area contributed by atoms with Gasteiger partial charge in [0.25, 0.3) is 0 Å². The van der Waals surface area contributed by atoms with Crippen LogP contribution in [0.25, 0.3) is 10.8 Å². The van der Waals surface area contributed by atoms with Crippen molar-refractivity contribution in [1.29, 1.82) is 0 Å². The van der Waals surface area contributed by atoms with Gasteiger partial charge in [-0.2, -0.15) is 0 Å². The Balaban J connectivity index is 2.38. The molecule has 0 saturated carbocycles. The van der Waals surface area contributed by atoms with Crippen molar-refractivity contribution in [2.24, 2.45) is 0 Å². The molecule has 0 unspecified atom stereocenters. The van der Waals surface area contributed by atoms with E-state index in [0.29, 0.717) is 0 Å². The maximum atomic E-state index is 5.43. The molecule has 0 atom stereocenters. The second kappa shape index (κ2) is 5.24. The smallest absolute Gasteiger partial charge is 0.162 e. The van der Waals surface area contributed by atoms with Gasteiger partial charge in [0.05, 0.1) is 12.0 Å². The standard InChI is InChI=1S/C14H20N2OS/c1-5-15-9-11-12(14(2,3)4)16-13(18-11)10-7-6-8-17-10/h6-8,15H,5,9H2,1-4H3. The van der Waals surface area contributed by atoms with Crippen LogP contribution in [0.4, 0.5) is 0 Å². The van der Waals surface area contributed by atoms with Gasteiger partial charge < -0.3 is 9.73 Å². The van der Waals surface area contributed by atoms with Crippen LogP contribution in [-0.4, -0.2) is 11.5 Å². The van der Waals surface area contributed by atoms with Crippen LogP contribution in [0.2, 0.25) is 0 Å². The minimum Gasteiger partial charge on any atom is -0.462 e. The minimum absolute atomic E-state index is 0.0616. The van der Waals surface area contributed by atoms with Gasteiger partial charge in [-0.1, -0.05) is 27.7 Å². The Kier molecular flexibility index (Phi) is 3.88. The molecule has 0 saturated heterocycles. The zero-order chi connectivity index (χ0) is 13.2. The van der Waals surface area contributed by atoms with Crippen molar-refractivity contribution in [2.75, 3.05) is 6.54 Å². The van der Waals surface area contributed by atoms with E-state index in [2.05, 4.69) is 33.0 Å². The summed E-state index contributed by atoms with van der Waals surface area (Å²) in [5, 5.41) is 4.35. The first kappa shape index (κ1) is 13.3. The Morgan fingerprint density at radius 1 is 1.39 bits per heavy atom. The fourth-order valence-corrected chi connectivity index (χ4v) is 3.01. The quantitative estimate of drug-likeness (QED) is 0.912. The van der Waals surface area contributed by atoms with Gasteiger partial charge >= 0.3 is 0 Å². The van der Waals surface area contributed by atoms with E-state index < -0.39 is 0 Å². The van der Waals surface area contributed by atoms with Gasteiger partial charge in [-0.25, -0.2) is 4.98 Å². The van der Waals surface area contributed by atoms with E-state index >= 15 is 0 Å². The first-order valence-electron chi connectivity index (χ1n) is 6.27. The monoisotopic (exact) mass is 264 g/mol. The molecule has 0 aliphatic carbocycles. The van der Waals surface area contributed by atoms with Crippen LogP contribution in [0, 0.1) is 0 Å². The first-order chi connectivity index (χ1) is 8.52. The lowest BCUT2D eigenvalue weighted by Gasteiger charge is -2.17. The second-order valence-electron chi connectivity index (χ2n) is 5.30. The maximum Gasteiger partial charge on any atom is 0.162 e. The van der Waals surface area contributed by atoms with Crippen molar-refractivity contribution in [1.82, 2.24) is 10.3 Å². The normalized spacial score (nSPS) is 12.0. The van der Waals surface area contributed by atoms with Crippen LogP contribution in [0.5, 0.6) is 0 Å². The van der Waals surface area contributed by atoms with Gasteiger partial charge in [0.2, 0.25) is 0 Å². The van der Waals surface area contributed by atoms with E-state index in [1.165, 1.54) is 10.6 Å². The molecule has 0 radical (unpaired) electrons. The summed E-state index contributed by atoms with van der Waals surface area (Å²) in [6, 6.07) is 3.86. The lowest BCUT2D eigenvalue weighted by atomic mass is 9.91. The first-order valence-corrected chi connectivity index (χ1v) is 7.08. The summed E-state index contributed by atoms with van der Waals surface area (Å²) in [6.07, 6.45) is 1.69. The van der Waals surface area contributed by atoms with E-state index in [1.807, 2.05) is 12.1 Å². The second-order valence-corrected chi connectivity index (χ2v) is 6.38. The van der Waals surface area contributed by atoms with E-state index in [4.69, 9.17) is 9.40 Å². The summed E-state index contributed by atoms with van der Waals surface area (Å²) in [5.41, 5.74) is 1.23. The largest absolute Gasteiger partial charge is 0.462 e. The molecule has 0 aliphatic rings. The highest BCUT2D eigenvalue weighted by molar-refractivity contribution is 7.15. The molecular weight excluding hydrogens is 244 g/mol. The minimum atomic E-state index is 0.0616. The Hall–Kier alpha value is -1.13. The molecule has 2 rings (SSSR count). The van der Waals surface area contributed by atoms with Crippen LogP contribution in [0.3, 0.4) is 0 Å². The number of nitrogens with one attached hydrogen (secondary N) is 1. The molecule has 2 aromatic rings. The fraction of sp³-hybridized carbons (Fsp3) is 0.500. The lowest BCUT2D eigenvalue weighted by Crippen LogP contribution is -2.18. The van der Waals surface area contributed by atoms with Crippen molar-refractivity contribution >= 4 is 11.3 Å². The summed E-state index contributed by atoms with van der Waals surface area (Å²) in [7, 11) is 0. The van der Waals surface area contributed by atoms with Crippen molar-refractivity contribution in [3.63, 3.8) is 0 Å². The van der Waals surface area contributed by atoms with Crippen molar-refractivity contribution in [3.8, 4) is 10.8 Å². The third kappa shape index (κ3) is 2.82. The van der Waals surface area contributed by atoms with Gasteiger partial charge in [0.15, 0.2) is 10.8 Å². The summed E-state index contributed by atoms with van der Waals surface area (Å²) < 4.78 is 5.43. The summed E-state index contributed by atoms with van der Waals surface area (Å²) in [5.74, 6) is 0.855. The summed E-state index contributed by atoms with van der Waals surface area (Å²) in [4.78, 5) is 6.06. The van der Waals surface area contributed by atoms with Gasteiger partial charge in [-0.15, -0.1) is 11.3 Å². The summed E-state index contributed by atoms with van der Waals surface area (Å²) >= 11 is 1.72. The average molecular weight is 264 g/mol. The third-order valence-electron chi connectivity index (χ3n) is 2.68. The molecule has 98 valence electrons. The SMILES string of the molecule is CCNCc1sc(-c2ccco2)nc1C(C)(C)C. The third-order valence-corrected chi connectivity index (χ3v) is 3.75. The van der Waals surface area contributed by atoms with Crippen LogP contribution in [0.15, 0.2) is 22.8 Å². The zero-order valence-corrected chi connectivity index (χ0v) is 12.2. The molecule has 0 fully saturated rings. The Morgan fingerprint density at radius 3 is 2.72 bits per heavy atom. The molecule has 0 spiro atoms. The van der Waals surface area contributed by atoms with E-state index in [1.54, 1.807) is 17.6 Å². The summed E-state index contributed by atoms with van der Waals surface area (Å²) in [6.45, 7) is 10.6. The molecule has 1 N–H and O–H groups in total.